The number of nitrogens with zero attached hydrogens (tertiary/aromatic N) is 2. The van der Waals surface area contributed by atoms with Gasteiger partial charge in [-0.1, -0.05) is 85.8 Å². The van der Waals surface area contributed by atoms with Crippen molar-refractivity contribution >= 4 is 17.5 Å². The summed E-state index contributed by atoms with van der Waals surface area (Å²) in [6.45, 7) is 5.02. The fourth-order valence-corrected chi connectivity index (χ4v) is 5.96. The van der Waals surface area contributed by atoms with Gasteiger partial charge in [0.2, 0.25) is 0 Å². The summed E-state index contributed by atoms with van der Waals surface area (Å²) in [5.74, 6) is -0.608. The molecule has 2 aliphatic heterocycles. The molecule has 0 spiro atoms. The molecule has 0 unspecified atom stereocenters. The second kappa shape index (κ2) is 12.2. The fraction of sp³-hybridized carbons (Fsp3) is 0.278. The van der Waals surface area contributed by atoms with Gasteiger partial charge in [-0.25, -0.2) is 4.90 Å². The van der Waals surface area contributed by atoms with Crippen LogP contribution in [0.2, 0.25) is 0 Å². The molecule has 4 aromatic carbocycles. The van der Waals surface area contributed by atoms with Crippen LogP contribution in [0.25, 0.3) is 0 Å². The summed E-state index contributed by atoms with van der Waals surface area (Å²) in [5.41, 5.74) is 5.23. The van der Waals surface area contributed by atoms with Gasteiger partial charge >= 0.3 is 0 Å². The Balaban J connectivity index is 1.26. The van der Waals surface area contributed by atoms with Crippen molar-refractivity contribution in [3.8, 4) is 0 Å². The zero-order valence-corrected chi connectivity index (χ0v) is 24.6. The van der Waals surface area contributed by atoms with Crippen LogP contribution in [-0.4, -0.2) is 41.5 Å². The van der Waals surface area contributed by atoms with Gasteiger partial charge in [0.25, 0.3) is 11.8 Å². The summed E-state index contributed by atoms with van der Waals surface area (Å²) in [5, 5.41) is 9.55. The molecule has 2 amide bonds. The Morgan fingerprint density at radius 3 is 1.98 bits per heavy atom. The van der Waals surface area contributed by atoms with Crippen LogP contribution in [0.1, 0.15) is 75.3 Å². The lowest BCUT2D eigenvalue weighted by molar-refractivity contribution is -0.276. The number of carbonyl (C=O) groups excluding carboxylic acids is 2. The molecule has 2 heterocycles. The van der Waals surface area contributed by atoms with E-state index in [-0.39, 0.29) is 42.6 Å². The number of fused-ring (bicyclic) bond motifs is 1. The zero-order valence-electron chi connectivity index (χ0n) is 24.6. The van der Waals surface area contributed by atoms with Crippen molar-refractivity contribution in [3.05, 3.63) is 137 Å². The van der Waals surface area contributed by atoms with Crippen LogP contribution in [0.15, 0.2) is 103 Å². The lowest BCUT2D eigenvalue weighted by atomic mass is 9.89. The highest BCUT2D eigenvalue weighted by atomic mass is 16.7. The van der Waals surface area contributed by atoms with Gasteiger partial charge in [0.05, 0.1) is 35.6 Å². The highest BCUT2D eigenvalue weighted by Crippen LogP contribution is 2.42. The molecule has 0 radical (unpaired) electrons. The van der Waals surface area contributed by atoms with E-state index >= 15 is 0 Å². The van der Waals surface area contributed by atoms with Crippen molar-refractivity contribution in [2.45, 2.75) is 45.0 Å². The van der Waals surface area contributed by atoms with Crippen LogP contribution in [-0.2, 0) is 16.1 Å². The van der Waals surface area contributed by atoms with E-state index in [4.69, 9.17) is 9.47 Å². The standard InChI is InChI=1S/C36H36N2O5/c1-23-32(21-37(3)24(2)26-9-5-4-6-10-26)42-36(43-33(23)27-15-13-25(22-39)14-16-27)28-17-19-29(20-18-28)38-34(40)30-11-7-8-12-31(30)35(38)41/h4-20,23-24,32-33,36,39H,21-22H2,1-3H3/t23-,24+,32+,33+,36+/m1/s1. The molecule has 1 saturated heterocycles. The second-order valence-corrected chi connectivity index (χ2v) is 11.4. The Morgan fingerprint density at radius 2 is 1.37 bits per heavy atom. The second-order valence-electron chi connectivity index (χ2n) is 11.4. The molecular weight excluding hydrogens is 540 g/mol. The van der Waals surface area contributed by atoms with Crippen LogP contribution in [0, 0.1) is 5.92 Å². The van der Waals surface area contributed by atoms with Gasteiger partial charge in [-0.15, -0.1) is 0 Å². The lowest BCUT2D eigenvalue weighted by Gasteiger charge is -2.43. The highest BCUT2D eigenvalue weighted by Gasteiger charge is 2.40. The Labute approximate surface area is 252 Å². The minimum Gasteiger partial charge on any atom is -0.392 e. The predicted octanol–water partition coefficient (Wildman–Crippen LogP) is 6.46. The van der Waals surface area contributed by atoms with E-state index in [1.54, 1.807) is 36.4 Å². The number of hydrogen-bond donors (Lipinski definition) is 1. The first-order valence-corrected chi connectivity index (χ1v) is 14.7. The maximum absolute atomic E-state index is 13.0. The Hall–Kier alpha value is -4.14. The molecule has 4 aromatic rings. The highest BCUT2D eigenvalue weighted by molar-refractivity contribution is 6.34. The summed E-state index contributed by atoms with van der Waals surface area (Å²) in [4.78, 5) is 29.5. The Bertz CT molecular complexity index is 1550. The molecule has 1 N–H and O–H groups in total. The zero-order chi connectivity index (χ0) is 30.1. The largest absolute Gasteiger partial charge is 0.392 e. The van der Waals surface area contributed by atoms with E-state index in [0.717, 1.165) is 16.7 Å². The van der Waals surface area contributed by atoms with Crippen molar-refractivity contribution in [2.75, 3.05) is 18.5 Å². The number of imide groups is 1. The molecule has 7 nitrogen and oxygen atoms in total. The first-order valence-electron chi connectivity index (χ1n) is 14.7. The third kappa shape index (κ3) is 5.65. The molecule has 2 aliphatic rings. The summed E-state index contributed by atoms with van der Waals surface area (Å²) >= 11 is 0. The monoisotopic (exact) mass is 576 g/mol. The van der Waals surface area contributed by atoms with E-state index in [1.807, 2.05) is 42.5 Å². The first-order chi connectivity index (χ1) is 20.9. The van der Waals surface area contributed by atoms with Crippen LogP contribution < -0.4 is 4.90 Å². The van der Waals surface area contributed by atoms with E-state index in [9.17, 15) is 14.7 Å². The molecule has 0 bridgehead atoms. The van der Waals surface area contributed by atoms with Crippen molar-refractivity contribution in [1.29, 1.82) is 0 Å². The van der Waals surface area contributed by atoms with Gasteiger partial charge in [0.15, 0.2) is 6.29 Å². The van der Waals surface area contributed by atoms with Crippen LogP contribution >= 0.6 is 0 Å². The van der Waals surface area contributed by atoms with Crippen molar-refractivity contribution in [3.63, 3.8) is 0 Å². The Morgan fingerprint density at radius 1 is 0.791 bits per heavy atom. The van der Waals surface area contributed by atoms with Crippen molar-refractivity contribution in [1.82, 2.24) is 4.90 Å². The maximum atomic E-state index is 13.0. The van der Waals surface area contributed by atoms with Gasteiger partial charge in [-0.05, 0) is 54.9 Å². The van der Waals surface area contributed by atoms with Gasteiger partial charge in [-0.2, -0.15) is 0 Å². The topological polar surface area (TPSA) is 79.3 Å². The van der Waals surface area contributed by atoms with Gasteiger partial charge in [-0.3, -0.25) is 14.5 Å². The number of rotatable bonds is 8. The Kier molecular flexibility index (Phi) is 8.23. The summed E-state index contributed by atoms with van der Waals surface area (Å²) in [6, 6.07) is 32.6. The number of anilines is 1. The van der Waals surface area contributed by atoms with Gasteiger partial charge in [0.1, 0.15) is 0 Å². The van der Waals surface area contributed by atoms with Gasteiger partial charge in [0, 0.05) is 24.1 Å². The molecule has 1 fully saturated rings. The lowest BCUT2D eigenvalue weighted by Crippen LogP contribution is -2.44. The number of benzene rings is 4. The van der Waals surface area contributed by atoms with E-state index in [0.29, 0.717) is 23.4 Å². The van der Waals surface area contributed by atoms with Crippen molar-refractivity contribution in [2.24, 2.45) is 5.92 Å². The molecule has 5 atom stereocenters. The molecule has 0 saturated carbocycles. The molecule has 6 rings (SSSR count). The SMILES string of the molecule is C[C@@H]1[C@H](CN(C)[C@@H](C)c2ccccc2)O[C@H](c2ccc(N3C(=O)c4ccccc4C3=O)cc2)O[C@@H]1c1ccc(CO)cc1. The third-order valence-electron chi connectivity index (χ3n) is 8.75. The normalized spacial score (nSPS) is 22.6. The maximum Gasteiger partial charge on any atom is 0.266 e. The number of carbonyl (C=O) groups is 2. The molecule has 0 aliphatic carbocycles. The van der Waals surface area contributed by atoms with E-state index < -0.39 is 6.29 Å². The quantitative estimate of drug-likeness (QED) is 0.243. The average Bonchev–Trinajstić information content (AvgIpc) is 3.31. The summed E-state index contributed by atoms with van der Waals surface area (Å²) in [6.07, 6.45) is -1.04. The molecule has 43 heavy (non-hydrogen) atoms. The number of amides is 2. The van der Waals surface area contributed by atoms with Crippen LogP contribution in [0.3, 0.4) is 0 Å². The summed E-state index contributed by atoms with van der Waals surface area (Å²) in [7, 11) is 2.11. The summed E-state index contributed by atoms with van der Waals surface area (Å²) < 4.78 is 13.3. The molecule has 7 heteroatoms. The smallest absolute Gasteiger partial charge is 0.266 e. The fourth-order valence-electron chi connectivity index (χ4n) is 5.96. The molecular formula is C36H36N2O5. The molecule has 0 aromatic heterocycles. The third-order valence-corrected chi connectivity index (χ3v) is 8.75. The molecule has 220 valence electrons. The van der Waals surface area contributed by atoms with Gasteiger partial charge < -0.3 is 14.6 Å². The predicted molar refractivity (Wildman–Crippen MR) is 164 cm³/mol. The number of aliphatic hydroxyl groups is 1. The number of likely N-dealkylation sites (N-methyl/N-ethyl adjacent to an activating group) is 1. The average molecular weight is 577 g/mol. The van der Waals surface area contributed by atoms with Crippen LogP contribution in [0.5, 0.6) is 0 Å². The van der Waals surface area contributed by atoms with E-state index in [2.05, 4.69) is 50.1 Å². The minimum absolute atomic E-state index is 0.0165. The number of aliphatic hydroxyl groups excluding tert-OH is 1. The van der Waals surface area contributed by atoms with Crippen molar-refractivity contribution < 1.29 is 24.2 Å². The van der Waals surface area contributed by atoms with E-state index in [1.165, 1.54) is 10.5 Å². The number of ether oxygens (including phenoxy) is 2. The minimum atomic E-state index is -0.652. The number of hydrogen-bond acceptors (Lipinski definition) is 6. The van der Waals surface area contributed by atoms with Crippen LogP contribution in [0.4, 0.5) is 5.69 Å². The first kappa shape index (κ1) is 29.0.